The highest BCUT2D eigenvalue weighted by Gasteiger charge is 2.32. The Hall–Kier alpha value is -4.21. The van der Waals surface area contributed by atoms with Gasteiger partial charge in [0.15, 0.2) is 0 Å². The van der Waals surface area contributed by atoms with Gasteiger partial charge in [-0.1, -0.05) is 29.8 Å². The van der Waals surface area contributed by atoms with Gasteiger partial charge in [0.1, 0.15) is 5.75 Å². The molecule has 1 atom stereocenters. The van der Waals surface area contributed by atoms with Crippen LogP contribution in [0.15, 0.2) is 58.1 Å². The summed E-state index contributed by atoms with van der Waals surface area (Å²) in [4.78, 5) is 54.2. The standard InChI is InChI=1S/C27H30N4O6/c1-4-37-26(34)20-9-6-14-29(17-20)24(32)23-25(33)30(16-19-8-5-7-18(2)15-19)27(35)31(28-23)21-10-12-22(36-3)13-11-21/h5,7-8,10-13,15,20H,4,6,9,14,16-17H2,1-3H3. The number of rotatable bonds is 7. The molecule has 4 rings (SSSR count). The first-order chi connectivity index (χ1) is 17.8. The van der Waals surface area contributed by atoms with Crippen molar-refractivity contribution in [3.63, 3.8) is 0 Å². The Bertz CT molecular complexity index is 1410. The predicted molar refractivity (Wildman–Crippen MR) is 136 cm³/mol. The van der Waals surface area contributed by atoms with E-state index in [1.54, 1.807) is 31.2 Å². The quantitative estimate of drug-likeness (QED) is 0.452. The van der Waals surface area contributed by atoms with Gasteiger partial charge >= 0.3 is 11.7 Å². The van der Waals surface area contributed by atoms with E-state index in [9.17, 15) is 19.2 Å². The Morgan fingerprint density at radius 2 is 1.86 bits per heavy atom. The molecule has 0 aliphatic carbocycles. The van der Waals surface area contributed by atoms with Gasteiger partial charge in [-0.15, -0.1) is 0 Å². The van der Waals surface area contributed by atoms with Crippen molar-refractivity contribution in [2.45, 2.75) is 33.2 Å². The Kier molecular flexibility index (Phi) is 7.86. The average Bonchev–Trinajstić information content (AvgIpc) is 2.91. The lowest BCUT2D eigenvalue weighted by Crippen LogP contribution is -2.49. The predicted octanol–water partition coefficient (Wildman–Crippen LogP) is 2.17. The van der Waals surface area contributed by atoms with E-state index in [-0.39, 0.29) is 31.4 Å². The lowest BCUT2D eigenvalue weighted by Gasteiger charge is -2.31. The number of methoxy groups -OCH3 is 1. The summed E-state index contributed by atoms with van der Waals surface area (Å²) in [5, 5.41) is 4.22. The SMILES string of the molecule is CCOC(=O)C1CCCN(C(=O)c2nn(-c3ccc(OC)cc3)c(=O)n(Cc3cccc(C)c3)c2=O)C1. The van der Waals surface area contributed by atoms with E-state index in [4.69, 9.17) is 9.47 Å². The normalized spacial score (nSPS) is 15.3. The van der Waals surface area contributed by atoms with Crippen molar-refractivity contribution >= 4 is 11.9 Å². The molecule has 3 aromatic rings. The maximum Gasteiger partial charge on any atom is 0.352 e. The second-order valence-electron chi connectivity index (χ2n) is 8.96. The molecule has 1 aliphatic rings. The van der Waals surface area contributed by atoms with Crippen LogP contribution in [-0.2, 0) is 16.1 Å². The van der Waals surface area contributed by atoms with Crippen LogP contribution in [0.4, 0.5) is 0 Å². The molecule has 194 valence electrons. The molecule has 1 aliphatic heterocycles. The van der Waals surface area contributed by atoms with Crippen molar-refractivity contribution in [2.75, 3.05) is 26.8 Å². The number of aryl methyl sites for hydroxylation is 1. The first-order valence-electron chi connectivity index (χ1n) is 12.2. The fourth-order valence-electron chi connectivity index (χ4n) is 4.44. The molecule has 2 heterocycles. The van der Waals surface area contributed by atoms with Crippen molar-refractivity contribution in [1.29, 1.82) is 0 Å². The van der Waals surface area contributed by atoms with Crippen LogP contribution >= 0.6 is 0 Å². The fourth-order valence-corrected chi connectivity index (χ4v) is 4.44. The molecule has 0 bridgehead atoms. The van der Waals surface area contributed by atoms with Crippen molar-refractivity contribution in [1.82, 2.24) is 19.2 Å². The molecule has 1 amide bonds. The van der Waals surface area contributed by atoms with Gasteiger partial charge < -0.3 is 14.4 Å². The summed E-state index contributed by atoms with van der Waals surface area (Å²) in [5.41, 5.74) is 0.263. The van der Waals surface area contributed by atoms with Crippen LogP contribution in [-0.4, -0.2) is 57.9 Å². The zero-order valence-corrected chi connectivity index (χ0v) is 21.2. The minimum atomic E-state index is -0.778. The topological polar surface area (TPSA) is 113 Å². The lowest BCUT2D eigenvalue weighted by atomic mass is 9.98. The van der Waals surface area contributed by atoms with Crippen LogP contribution in [0.3, 0.4) is 0 Å². The summed E-state index contributed by atoms with van der Waals surface area (Å²) in [6.07, 6.45) is 1.18. The number of esters is 1. The monoisotopic (exact) mass is 506 g/mol. The van der Waals surface area contributed by atoms with Gasteiger partial charge in [0.2, 0.25) is 5.69 Å². The van der Waals surface area contributed by atoms with Crippen LogP contribution in [0.25, 0.3) is 5.69 Å². The summed E-state index contributed by atoms with van der Waals surface area (Å²) < 4.78 is 12.4. The molecule has 0 saturated carbocycles. The highest BCUT2D eigenvalue weighted by Crippen LogP contribution is 2.19. The van der Waals surface area contributed by atoms with Crippen molar-refractivity contribution in [3.8, 4) is 11.4 Å². The van der Waals surface area contributed by atoms with Crippen LogP contribution in [0.5, 0.6) is 5.75 Å². The van der Waals surface area contributed by atoms with Gasteiger partial charge in [-0.2, -0.15) is 9.78 Å². The van der Waals surface area contributed by atoms with E-state index in [0.717, 1.165) is 20.4 Å². The number of hydrogen-bond donors (Lipinski definition) is 0. The number of carbonyl (C=O) groups is 2. The summed E-state index contributed by atoms with van der Waals surface area (Å²) in [6.45, 7) is 4.37. The molecule has 0 radical (unpaired) electrons. The Balaban J connectivity index is 1.78. The number of aromatic nitrogens is 3. The molecule has 2 aromatic carbocycles. The average molecular weight is 507 g/mol. The number of piperidine rings is 1. The third-order valence-corrected chi connectivity index (χ3v) is 6.33. The number of carbonyl (C=O) groups excluding carboxylic acids is 2. The van der Waals surface area contributed by atoms with Crippen LogP contribution in [0.2, 0.25) is 0 Å². The highest BCUT2D eigenvalue weighted by atomic mass is 16.5. The largest absolute Gasteiger partial charge is 0.497 e. The van der Waals surface area contributed by atoms with E-state index in [1.807, 2.05) is 31.2 Å². The lowest BCUT2D eigenvalue weighted by molar-refractivity contribution is -0.149. The van der Waals surface area contributed by atoms with Crippen LogP contribution in [0.1, 0.15) is 41.4 Å². The molecule has 1 unspecified atom stereocenters. The first-order valence-corrected chi connectivity index (χ1v) is 12.2. The Morgan fingerprint density at radius 1 is 1.11 bits per heavy atom. The Labute approximate surface area is 214 Å². The number of likely N-dealkylation sites (tertiary alicyclic amines) is 1. The number of benzene rings is 2. The van der Waals surface area contributed by atoms with Crippen molar-refractivity contribution in [3.05, 3.63) is 86.2 Å². The number of nitrogens with zero attached hydrogens (tertiary/aromatic N) is 4. The van der Waals surface area contributed by atoms with E-state index in [1.165, 1.54) is 12.0 Å². The second kappa shape index (κ2) is 11.2. The van der Waals surface area contributed by atoms with Crippen molar-refractivity contribution < 1.29 is 19.1 Å². The molecular formula is C27H30N4O6. The van der Waals surface area contributed by atoms with E-state index in [2.05, 4.69) is 5.10 Å². The number of hydrogen-bond acceptors (Lipinski definition) is 7. The summed E-state index contributed by atoms with van der Waals surface area (Å²) in [5.74, 6) is -0.883. The summed E-state index contributed by atoms with van der Waals surface area (Å²) in [7, 11) is 1.53. The fraction of sp³-hybridized carbons (Fsp3) is 0.370. The van der Waals surface area contributed by atoms with E-state index in [0.29, 0.717) is 30.8 Å². The van der Waals surface area contributed by atoms with Gasteiger partial charge in [-0.05, 0) is 56.5 Å². The third-order valence-electron chi connectivity index (χ3n) is 6.33. The second-order valence-corrected chi connectivity index (χ2v) is 8.96. The van der Waals surface area contributed by atoms with Gasteiger partial charge in [0, 0.05) is 13.1 Å². The molecular weight excluding hydrogens is 476 g/mol. The van der Waals surface area contributed by atoms with Crippen molar-refractivity contribution in [2.24, 2.45) is 5.92 Å². The van der Waals surface area contributed by atoms with Gasteiger partial charge in [0.25, 0.3) is 11.5 Å². The molecule has 0 N–H and O–H groups in total. The zero-order chi connectivity index (χ0) is 26.5. The Morgan fingerprint density at radius 3 is 2.54 bits per heavy atom. The minimum absolute atomic E-state index is 0.0241. The summed E-state index contributed by atoms with van der Waals surface area (Å²) >= 11 is 0. The molecule has 1 aromatic heterocycles. The molecule has 0 spiro atoms. The third kappa shape index (κ3) is 5.63. The van der Waals surface area contributed by atoms with Crippen LogP contribution in [0, 0.1) is 12.8 Å². The van der Waals surface area contributed by atoms with Crippen LogP contribution < -0.4 is 16.0 Å². The zero-order valence-electron chi connectivity index (χ0n) is 21.2. The van der Waals surface area contributed by atoms with Gasteiger partial charge in [0.05, 0.1) is 31.9 Å². The maximum absolute atomic E-state index is 13.6. The number of ether oxygens (including phenoxy) is 2. The van der Waals surface area contributed by atoms with E-state index >= 15 is 0 Å². The minimum Gasteiger partial charge on any atom is -0.497 e. The molecule has 10 nitrogen and oxygen atoms in total. The smallest absolute Gasteiger partial charge is 0.352 e. The van der Waals surface area contributed by atoms with Gasteiger partial charge in [-0.3, -0.25) is 19.0 Å². The molecule has 37 heavy (non-hydrogen) atoms. The van der Waals surface area contributed by atoms with E-state index < -0.39 is 23.1 Å². The molecule has 1 fully saturated rings. The number of amides is 1. The summed E-state index contributed by atoms with van der Waals surface area (Å²) in [6, 6.07) is 14.0. The highest BCUT2D eigenvalue weighted by molar-refractivity contribution is 5.92. The van der Waals surface area contributed by atoms with Gasteiger partial charge in [-0.25, -0.2) is 4.79 Å². The first kappa shape index (κ1) is 25.9. The molecule has 1 saturated heterocycles. The molecule has 10 heteroatoms. The maximum atomic E-state index is 13.6.